The second-order valence-electron chi connectivity index (χ2n) is 8.05. The predicted octanol–water partition coefficient (Wildman–Crippen LogP) is 3.16. The molecule has 0 amide bonds. The number of para-hydroxylation sites is 1. The smallest absolute Gasteiger partial charge is 0.229 e. The van der Waals surface area contributed by atoms with Crippen LogP contribution < -0.4 is 31.1 Å². The Hall–Kier alpha value is -3.72. The number of fused-ring (bicyclic) bond motifs is 1. The molecule has 9 heteroatoms. The topological polar surface area (TPSA) is 94.8 Å². The highest BCUT2D eigenvalue weighted by molar-refractivity contribution is 5.79. The molecule has 4 rings (SSSR count). The molecule has 0 saturated carbocycles. The summed E-state index contributed by atoms with van der Waals surface area (Å²) in [5.41, 5.74) is 14.3. The number of ether oxygens (including phenoxy) is 1. The van der Waals surface area contributed by atoms with Gasteiger partial charge in [-0.05, 0) is 31.8 Å². The van der Waals surface area contributed by atoms with Gasteiger partial charge in [0, 0.05) is 38.5 Å². The summed E-state index contributed by atoms with van der Waals surface area (Å²) in [6.07, 6.45) is 1.73. The van der Waals surface area contributed by atoms with Crippen LogP contribution in [-0.2, 0) is 6.54 Å². The summed E-state index contributed by atoms with van der Waals surface area (Å²) < 4.78 is 5.63. The normalized spacial score (nSPS) is 12.5. The number of likely N-dealkylation sites (N-methyl/N-ethyl adjacent to an activating group) is 2. The van der Waals surface area contributed by atoms with E-state index in [0.717, 1.165) is 36.8 Å². The minimum absolute atomic E-state index is 0.465. The Bertz CT molecular complexity index is 1060. The molecule has 1 aliphatic heterocycles. The van der Waals surface area contributed by atoms with Crippen molar-refractivity contribution in [1.82, 2.24) is 14.9 Å². The Morgan fingerprint density at radius 1 is 1.16 bits per heavy atom. The average molecular weight is 435 g/mol. The van der Waals surface area contributed by atoms with Crippen molar-refractivity contribution in [2.24, 2.45) is 0 Å². The Morgan fingerprint density at radius 3 is 2.72 bits per heavy atom. The standard InChI is InChI=1S/C23H30N8O/c1-29(2)11-12-30(3)20-14-21(32-4)19(13-17(20)24)26-23-25-10-9-22(27-23)31-15-16-7-5-6-8-18(16)28-31/h5-10,13-14,28H,11-12,15,24H2,1-4H3,(H,25,26,27). The number of nitrogens with one attached hydrogen (secondary N) is 2. The van der Waals surface area contributed by atoms with E-state index in [1.807, 2.05) is 42.4 Å². The minimum Gasteiger partial charge on any atom is -0.494 e. The van der Waals surface area contributed by atoms with Crippen LogP contribution in [0, 0.1) is 0 Å². The van der Waals surface area contributed by atoms with Gasteiger partial charge in [0.05, 0.1) is 36.4 Å². The van der Waals surface area contributed by atoms with E-state index in [1.165, 1.54) is 5.56 Å². The van der Waals surface area contributed by atoms with E-state index in [0.29, 0.717) is 23.1 Å². The number of nitrogens with zero attached hydrogens (tertiary/aromatic N) is 5. The van der Waals surface area contributed by atoms with Crippen LogP contribution in [0.2, 0.25) is 0 Å². The zero-order valence-electron chi connectivity index (χ0n) is 19.0. The van der Waals surface area contributed by atoms with Crippen LogP contribution in [0.1, 0.15) is 5.56 Å². The van der Waals surface area contributed by atoms with Crippen LogP contribution >= 0.6 is 0 Å². The molecule has 0 spiro atoms. The first-order valence-corrected chi connectivity index (χ1v) is 10.5. The van der Waals surface area contributed by atoms with E-state index in [4.69, 9.17) is 10.5 Å². The highest BCUT2D eigenvalue weighted by Crippen LogP contribution is 2.36. The van der Waals surface area contributed by atoms with Crippen molar-refractivity contribution in [2.75, 3.05) is 67.7 Å². The van der Waals surface area contributed by atoms with Crippen LogP contribution in [0.25, 0.3) is 0 Å². The molecule has 1 aliphatic rings. The van der Waals surface area contributed by atoms with Gasteiger partial charge in [0.1, 0.15) is 5.75 Å². The van der Waals surface area contributed by atoms with Gasteiger partial charge in [-0.15, -0.1) is 0 Å². The van der Waals surface area contributed by atoms with Gasteiger partial charge in [-0.25, -0.2) is 4.98 Å². The van der Waals surface area contributed by atoms with E-state index >= 15 is 0 Å². The van der Waals surface area contributed by atoms with Gasteiger partial charge in [-0.2, -0.15) is 4.98 Å². The fraction of sp³-hybridized carbons (Fsp3) is 0.304. The molecule has 0 saturated heterocycles. The van der Waals surface area contributed by atoms with Gasteiger partial charge < -0.3 is 25.6 Å². The molecule has 0 radical (unpaired) electrons. The maximum Gasteiger partial charge on any atom is 0.229 e. The quantitative estimate of drug-likeness (QED) is 0.462. The molecule has 9 nitrogen and oxygen atoms in total. The van der Waals surface area contributed by atoms with Gasteiger partial charge in [0.2, 0.25) is 5.95 Å². The minimum atomic E-state index is 0.465. The SMILES string of the molecule is COc1cc(N(C)CCN(C)C)c(N)cc1Nc1nccc(N2Cc3ccccc3N2)n1. The van der Waals surface area contributed by atoms with E-state index < -0.39 is 0 Å². The summed E-state index contributed by atoms with van der Waals surface area (Å²) in [6, 6.07) is 13.9. The molecule has 4 N–H and O–H groups in total. The fourth-order valence-electron chi connectivity index (χ4n) is 3.59. The van der Waals surface area contributed by atoms with E-state index in [1.54, 1.807) is 13.3 Å². The maximum absolute atomic E-state index is 6.37. The van der Waals surface area contributed by atoms with Crippen molar-refractivity contribution in [1.29, 1.82) is 0 Å². The molecule has 0 fully saturated rings. The lowest BCUT2D eigenvalue weighted by Gasteiger charge is -2.24. The van der Waals surface area contributed by atoms with Gasteiger partial charge in [0.15, 0.2) is 5.82 Å². The maximum atomic E-state index is 6.37. The van der Waals surface area contributed by atoms with E-state index in [9.17, 15) is 0 Å². The number of hydrogen-bond donors (Lipinski definition) is 3. The lowest BCUT2D eigenvalue weighted by molar-refractivity contribution is 0.413. The Morgan fingerprint density at radius 2 is 1.97 bits per heavy atom. The molecule has 2 heterocycles. The van der Waals surface area contributed by atoms with Crippen LogP contribution in [0.15, 0.2) is 48.7 Å². The Labute approximate surface area is 188 Å². The molecular formula is C23H30N8O. The molecule has 0 bridgehead atoms. The number of aromatic nitrogens is 2. The zero-order valence-corrected chi connectivity index (χ0v) is 19.0. The Kier molecular flexibility index (Phi) is 6.18. The third-order valence-corrected chi connectivity index (χ3v) is 5.41. The first kappa shape index (κ1) is 21.5. The molecule has 3 aromatic rings. The number of nitrogen functional groups attached to an aromatic ring is 1. The predicted molar refractivity (Wildman–Crippen MR) is 131 cm³/mol. The number of rotatable bonds is 8. The molecule has 0 atom stereocenters. The van der Waals surface area contributed by atoms with Gasteiger partial charge in [-0.1, -0.05) is 18.2 Å². The number of anilines is 6. The number of nitrogens with two attached hydrogens (primary N) is 1. The summed E-state index contributed by atoms with van der Waals surface area (Å²) in [6.45, 7) is 2.51. The van der Waals surface area contributed by atoms with Gasteiger partial charge >= 0.3 is 0 Å². The molecular weight excluding hydrogens is 404 g/mol. The highest BCUT2D eigenvalue weighted by Gasteiger charge is 2.20. The van der Waals surface area contributed by atoms with Crippen molar-refractivity contribution < 1.29 is 4.74 Å². The summed E-state index contributed by atoms with van der Waals surface area (Å²) in [7, 11) is 7.77. The fourth-order valence-corrected chi connectivity index (χ4v) is 3.59. The second-order valence-corrected chi connectivity index (χ2v) is 8.05. The van der Waals surface area contributed by atoms with Gasteiger partial charge in [0.25, 0.3) is 0 Å². The number of methoxy groups -OCH3 is 1. The third kappa shape index (κ3) is 4.62. The third-order valence-electron chi connectivity index (χ3n) is 5.41. The van der Waals surface area contributed by atoms with Crippen molar-refractivity contribution in [3.05, 3.63) is 54.2 Å². The first-order chi connectivity index (χ1) is 15.4. The zero-order chi connectivity index (χ0) is 22.7. The Balaban J connectivity index is 1.53. The first-order valence-electron chi connectivity index (χ1n) is 10.5. The number of benzene rings is 2. The van der Waals surface area contributed by atoms with Crippen LogP contribution in [0.5, 0.6) is 5.75 Å². The molecule has 32 heavy (non-hydrogen) atoms. The highest BCUT2D eigenvalue weighted by atomic mass is 16.5. The monoisotopic (exact) mass is 434 g/mol. The van der Waals surface area contributed by atoms with Crippen molar-refractivity contribution in [3.63, 3.8) is 0 Å². The summed E-state index contributed by atoms with van der Waals surface area (Å²) in [5, 5.41) is 5.25. The van der Waals surface area contributed by atoms with Crippen molar-refractivity contribution in [2.45, 2.75) is 6.54 Å². The summed E-state index contributed by atoms with van der Waals surface area (Å²) in [4.78, 5) is 13.3. The lowest BCUT2D eigenvalue weighted by atomic mass is 10.2. The van der Waals surface area contributed by atoms with E-state index in [2.05, 4.69) is 56.7 Å². The molecule has 0 unspecified atom stereocenters. The summed E-state index contributed by atoms with van der Waals surface area (Å²) >= 11 is 0. The van der Waals surface area contributed by atoms with Crippen molar-refractivity contribution in [3.8, 4) is 5.75 Å². The molecule has 2 aromatic carbocycles. The molecule has 168 valence electrons. The number of hydrazine groups is 1. The van der Waals surface area contributed by atoms with Crippen LogP contribution in [0.3, 0.4) is 0 Å². The van der Waals surface area contributed by atoms with Gasteiger partial charge in [-0.3, -0.25) is 10.4 Å². The second kappa shape index (κ2) is 9.19. The molecule has 1 aromatic heterocycles. The van der Waals surface area contributed by atoms with Crippen molar-refractivity contribution >= 4 is 34.5 Å². The van der Waals surface area contributed by atoms with E-state index in [-0.39, 0.29) is 0 Å². The average Bonchev–Trinajstić information content (AvgIpc) is 3.22. The van der Waals surface area contributed by atoms with Crippen LogP contribution in [-0.4, -0.2) is 56.2 Å². The lowest BCUT2D eigenvalue weighted by Crippen LogP contribution is -2.29. The largest absolute Gasteiger partial charge is 0.494 e. The molecule has 0 aliphatic carbocycles. The summed E-state index contributed by atoms with van der Waals surface area (Å²) in [5.74, 6) is 1.91. The van der Waals surface area contributed by atoms with Crippen LogP contribution in [0.4, 0.5) is 34.5 Å². The number of hydrogen-bond acceptors (Lipinski definition) is 9.